The zero-order chi connectivity index (χ0) is 15.3. The maximum absolute atomic E-state index is 8.26. The Morgan fingerprint density at radius 2 is 0.545 bits per heavy atom. The molecule has 0 aliphatic carbocycles. The summed E-state index contributed by atoms with van der Waals surface area (Å²) in [6.07, 6.45) is 0. The first-order valence-corrected chi connectivity index (χ1v) is 6.57. The number of rotatable bonds is 14. The van der Waals surface area contributed by atoms with E-state index in [2.05, 4.69) is 0 Å². The highest BCUT2D eigenvalue weighted by atomic mass is 32.1. The minimum absolute atomic E-state index is 0. The first-order chi connectivity index (χ1) is 9.83. The van der Waals surface area contributed by atoms with Crippen LogP contribution in [0.2, 0.25) is 0 Å². The van der Waals surface area contributed by atoms with Crippen LogP contribution < -0.4 is 0 Å². The van der Waals surface area contributed by atoms with Crippen molar-refractivity contribution < 1.29 is 39.4 Å². The third-order valence-electron chi connectivity index (χ3n) is 1.69. The number of thiol groups is 2. The summed E-state index contributed by atoms with van der Waals surface area (Å²) in [6, 6.07) is 0. The number of aliphatic hydroxyl groups excluding tert-OH is 4. The van der Waals surface area contributed by atoms with E-state index in [0.29, 0.717) is 52.9 Å². The van der Waals surface area contributed by atoms with Crippen molar-refractivity contribution in [3.05, 3.63) is 0 Å². The van der Waals surface area contributed by atoms with Gasteiger partial charge in [-0.05, 0) is 0 Å². The topological polar surface area (TPSA) is 118 Å². The van der Waals surface area contributed by atoms with Crippen LogP contribution >= 0.6 is 0 Å². The zero-order valence-corrected chi connectivity index (χ0v) is 14.6. The molecule has 0 aliphatic heterocycles. The van der Waals surface area contributed by atoms with E-state index in [1.807, 2.05) is 0 Å². The van der Waals surface area contributed by atoms with Crippen LogP contribution in [0.1, 0.15) is 0 Å². The predicted octanol–water partition coefficient (Wildman–Crippen LogP) is -2.53. The summed E-state index contributed by atoms with van der Waals surface area (Å²) in [6.45, 7) is 3.46. The maximum atomic E-state index is 8.26. The third-order valence-corrected chi connectivity index (χ3v) is 1.69. The van der Waals surface area contributed by atoms with Gasteiger partial charge in [-0.25, -0.2) is 0 Å². The van der Waals surface area contributed by atoms with Gasteiger partial charge >= 0.3 is 0 Å². The first kappa shape index (κ1) is 30.3. The second-order valence-corrected chi connectivity index (χ2v) is 3.34. The lowest BCUT2D eigenvalue weighted by Crippen LogP contribution is -2.09. The summed E-state index contributed by atoms with van der Waals surface area (Å²) in [5, 5.41) is 33.1. The van der Waals surface area contributed by atoms with Crippen LogP contribution in [0, 0.1) is 0 Å². The molecule has 10 heteroatoms. The highest BCUT2D eigenvalue weighted by Gasteiger charge is 1.87. The molecule has 0 unspecified atom stereocenters. The van der Waals surface area contributed by atoms with E-state index in [1.165, 1.54) is 0 Å². The number of hydrogen-bond acceptors (Lipinski definition) is 10. The molecule has 0 heterocycles. The molecule has 0 amide bonds. The van der Waals surface area contributed by atoms with Gasteiger partial charge in [0.25, 0.3) is 0 Å². The largest absolute Gasteiger partial charge is 0.813 e. The van der Waals surface area contributed by atoms with Crippen LogP contribution in [0.25, 0.3) is 0 Å². The molecule has 8 nitrogen and oxygen atoms in total. The molecule has 0 saturated carbocycles. The number of aliphatic hydroxyl groups is 4. The first-order valence-electron chi connectivity index (χ1n) is 6.57. The summed E-state index contributed by atoms with van der Waals surface area (Å²) in [4.78, 5) is 0. The molecule has 140 valence electrons. The van der Waals surface area contributed by atoms with Crippen LogP contribution in [0.5, 0.6) is 0 Å². The van der Waals surface area contributed by atoms with Crippen LogP contribution in [-0.2, 0) is 45.9 Å². The van der Waals surface area contributed by atoms with Crippen molar-refractivity contribution in [3.63, 3.8) is 0 Å². The fourth-order valence-corrected chi connectivity index (χ4v) is 0.902. The van der Waals surface area contributed by atoms with E-state index in [1.54, 1.807) is 0 Å². The van der Waals surface area contributed by atoms with E-state index in [9.17, 15) is 0 Å². The predicted molar refractivity (Wildman–Crippen MR) is 89.1 cm³/mol. The van der Waals surface area contributed by atoms with Gasteiger partial charge in [0.15, 0.2) is 0 Å². The molecule has 0 atom stereocenters. The normalized spacial score (nSPS) is 9.27. The molecule has 0 radical (unpaired) electrons. The van der Waals surface area contributed by atoms with Crippen molar-refractivity contribution in [2.24, 2.45) is 0 Å². The summed E-state index contributed by atoms with van der Waals surface area (Å²) >= 11 is 0. The highest BCUT2D eigenvalue weighted by Crippen LogP contribution is 1.77. The zero-order valence-electron chi connectivity index (χ0n) is 12.8. The van der Waals surface area contributed by atoms with Crippen LogP contribution in [-0.4, -0.2) is 99.7 Å². The molecule has 0 spiro atoms. The summed E-state index contributed by atoms with van der Waals surface area (Å²) in [5.41, 5.74) is 0. The Hall–Kier alpha value is 0.380. The lowest BCUT2D eigenvalue weighted by Gasteiger charge is -2.01. The Morgan fingerprint density at radius 3 is 0.682 bits per heavy atom. The van der Waals surface area contributed by atoms with Crippen molar-refractivity contribution in [2.75, 3.05) is 79.3 Å². The Balaban J connectivity index is -0.000000135. The molecular weight excluding hydrogens is 336 g/mol. The molecule has 0 aromatic heterocycles. The van der Waals surface area contributed by atoms with Gasteiger partial charge in [0.05, 0.1) is 79.3 Å². The number of hydrogen-bond donors (Lipinski definition) is 4. The second kappa shape index (κ2) is 33.1. The molecule has 0 rings (SSSR count). The Kier molecular flexibility index (Phi) is 45.6. The molecule has 0 bridgehead atoms. The van der Waals surface area contributed by atoms with E-state index in [0.717, 1.165) is 0 Å². The number of ether oxygens (including phenoxy) is 4. The van der Waals surface area contributed by atoms with Gasteiger partial charge < -0.3 is 66.4 Å². The monoisotopic (exact) mass is 366 g/mol. The fraction of sp³-hybridized carbons (Fsp3) is 1.00. The van der Waals surface area contributed by atoms with Gasteiger partial charge in [-0.3, -0.25) is 0 Å². The van der Waals surface area contributed by atoms with Gasteiger partial charge in [0.1, 0.15) is 0 Å². The molecule has 0 aromatic carbocycles. The smallest absolute Gasteiger partial charge is 0.0701 e. The molecule has 0 aliphatic rings. The summed E-state index contributed by atoms with van der Waals surface area (Å²) in [5.74, 6) is 0. The average molecular weight is 366 g/mol. The van der Waals surface area contributed by atoms with Crippen LogP contribution in [0.3, 0.4) is 0 Å². The molecule has 0 fully saturated rings. The van der Waals surface area contributed by atoms with Crippen molar-refractivity contribution in [2.45, 2.75) is 0 Å². The van der Waals surface area contributed by atoms with Crippen molar-refractivity contribution in [1.29, 1.82) is 0 Å². The average Bonchev–Trinajstić information content (AvgIpc) is 2.47. The highest BCUT2D eigenvalue weighted by molar-refractivity contribution is 7.37. The van der Waals surface area contributed by atoms with Gasteiger partial charge in [0, 0.05) is 0 Å². The lowest BCUT2D eigenvalue weighted by atomic mass is 10.7. The Bertz CT molecular complexity index is 125. The molecule has 4 N–H and O–H groups in total. The van der Waals surface area contributed by atoms with Crippen molar-refractivity contribution in [3.8, 4) is 0 Å². The lowest BCUT2D eigenvalue weighted by molar-refractivity contribution is 0.0222. The van der Waals surface area contributed by atoms with E-state index in [4.69, 9.17) is 39.4 Å². The van der Waals surface area contributed by atoms with E-state index < -0.39 is 0 Å². The SMILES string of the molecule is OCCOCCOCCO.OCCOCCOCCO.[SH-].[SH-]. The fourth-order valence-electron chi connectivity index (χ4n) is 0.902. The molecule has 22 heavy (non-hydrogen) atoms. The van der Waals surface area contributed by atoms with Gasteiger partial charge in [-0.15, -0.1) is 0 Å². The van der Waals surface area contributed by atoms with Gasteiger partial charge in [0.2, 0.25) is 0 Å². The minimum Gasteiger partial charge on any atom is -0.813 e. The van der Waals surface area contributed by atoms with E-state index in [-0.39, 0.29) is 53.4 Å². The second-order valence-electron chi connectivity index (χ2n) is 3.34. The minimum atomic E-state index is 0. The quantitative estimate of drug-likeness (QED) is 0.149. The third kappa shape index (κ3) is 37.0. The molecule has 0 saturated heterocycles. The Labute approximate surface area is 146 Å². The van der Waals surface area contributed by atoms with Gasteiger partial charge in [-0.1, -0.05) is 0 Å². The molecule has 0 aromatic rings. The summed E-state index contributed by atoms with van der Waals surface area (Å²) in [7, 11) is 0. The summed E-state index contributed by atoms with van der Waals surface area (Å²) < 4.78 is 19.5. The maximum Gasteiger partial charge on any atom is 0.0701 e. The standard InChI is InChI=1S/2C6H14O4.2H2S/c2*7-1-3-9-5-6-10-4-2-8;;/h2*7-8H,1-6H2;2*1H2/p-2. The van der Waals surface area contributed by atoms with E-state index >= 15 is 0 Å². The van der Waals surface area contributed by atoms with Crippen molar-refractivity contribution >= 4 is 27.0 Å². The van der Waals surface area contributed by atoms with Gasteiger partial charge in [-0.2, -0.15) is 0 Å². The molecular formula is C12H30O8S2-2. The van der Waals surface area contributed by atoms with Crippen molar-refractivity contribution in [1.82, 2.24) is 0 Å². The van der Waals surface area contributed by atoms with Crippen LogP contribution in [0.15, 0.2) is 0 Å². The Morgan fingerprint density at radius 1 is 0.364 bits per heavy atom. The van der Waals surface area contributed by atoms with Crippen LogP contribution in [0.4, 0.5) is 0 Å².